The first-order valence-corrected chi connectivity index (χ1v) is 7.31. The van der Waals surface area contributed by atoms with Crippen LogP contribution in [0, 0.1) is 17.3 Å². The van der Waals surface area contributed by atoms with Crippen LogP contribution in [0.4, 0.5) is 0 Å². The van der Waals surface area contributed by atoms with Gasteiger partial charge >= 0.3 is 7.12 Å². The van der Waals surface area contributed by atoms with Crippen LogP contribution in [0.15, 0.2) is 5.11 Å². The smallest absolute Gasteiger partial charge is 0.404 e. The summed E-state index contributed by atoms with van der Waals surface area (Å²) in [5, 5.41) is 3.09. The minimum Gasteiger partial charge on any atom is -0.404 e. The zero-order valence-electron chi connectivity index (χ0n) is 11.5. The van der Waals surface area contributed by atoms with Crippen LogP contribution in [0.2, 0.25) is 0 Å². The molecule has 5 atom stereocenters. The third-order valence-electron chi connectivity index (χ3n) is 5.58. The molecule has 0 aromatic carbocycles. The molecule has 5 nitrogen and oxygen atoms in total. The van der Waals surface area contributed by atoms with Gasteiger partial charge in [0.1, 0.15) is 0 Å². The number of alkyl halides is 1. The summed E-state index contributed by atoms with van der Waals surface area (Å²) in [4.78, 5) is 2.73. The largest absolute Gasteiger partial charge is 0.476 e. The number of hydrogen-bond acceptors (Lipinski definition) is 3. The fourth-order valence-corrected chi connectivity index (χ4v) is 4.43. The topological polar surface area (TPSA) is 67.2 Å². The fraction of sp³-hybridized carbons (Fsp3) is 1.00. The van der Waals surface area contributed by atoms with Crippen molar-refractivity contribution in [3.05, 3.63) is 10.4 Å². The van der Waals surface area contributed by atoms with Crippen molar-refractivity contribution in [1.82, 2.24) is 0 Å². The van der Waals surface area contributed by atoms with Gasteiger partial charge in [0.05, 0.1) is 17.0 Å². The van der Waals surface area contributed by atoms with E-state index in [1.54, 1.807) is 0 Å². The standard InChI is InChI=1S/C12H19BClN3O2/c1-11(2)7-4-8(11)12(3)9(5-7)18-13(19-12)10(14)6-16-17-15/h7-10H,4-6H2,1-3H3/t7-,8-,9?,10?,12-/m0/s1. The fourth-order valence-electron chi connectivity index (χ4n) is 4.25. The summed E-state index contributed by atoms with van der Waals surface area (Å²) in [7, 11) is -0.461. The van der Waals surface area contributed by atoms with Crippen LogP contribution in [0.3, 0.4) is 0 Å². The Kier molecular flexibility index (Phi) is 3.06. The quantitative estimate of drug-likeness (QED) is 0.262. The van der Waals surface area contributed by atoms with E-state index >= 15 is 0 Å². The van der Waals surface area contributed by atoms with Crippen LogP contribution in [0.5, 0.6) is 0 Å². The molecule has 7 heteroatoms. The number of nitrogens with zero attached hydrogens (tertiary/aromatic N) is 3. The highest BCUT2D eigenvalue weighted by Crippen LogP contribution is 2.65. The van der Waals surface area contributed by atoms with E-state index in [2.05, 4.69) is 30.8 Å². The molecule has 3 saturated carbocycles. The zero-order chi connectivity index (χ0) is 13.8. The van der Waals surface area contributed by atoms with Crippen molar-refractivity contribution in [3.8, 4) is 0 Å². The van der Waals surface area contributed by atoms with E-state index in [1.807, 2.05) is 0 Å². The molecule has 0 amide bonds. The van der Waals surface area contributed by atoms with Crippen LogP contribution in [-0.2, 0) is 9.31 Å². The van der Waals surface area contributed by atoms with Gasteiger partial charge in [0.25, 0.3) is 0 Å². The summed E-state index contributed by atoms with van der Waals surface area (Å²) in [6.45, 7) is 6.99. The van der Waals surface area contributed by atoms with Gasteiger partial charge in [-0.2, -0.15) is 0 Å². The van der Waals surface area contributed by atoms with Crippen LogP contribution in [-0.4, -0.2) is 30.6 Å². The van der Waals surface area contributed by atoms with Gasteiger partial charge in [-0.05, 0) is 42.5 Å². The van der Waals surface area contributed by atoms with E-state index in [0.29, 0.717) is 11.3 Å². The molecule has 4 fully saturated rings. The Morgan fingerprint density at radius 2 is 2.21 bits per heavy atom. The third-order valence-corrected chi connectivity index (χ3v) is 5.93. The lowest BCUT2D eigenvalue weighted by Crippen LogP contribution is -2.65. The lowest BCUT2D eigenvalue weighted by atomic mass is 9.43. The molecule has 3 aliphatic carbocycles. The molecule has 0 spiro atoms. The van der Waals surface area contributed by atoms with E-state index in [0.717, 1.165) is 12.3 Å². The number of rotatable bonds is 3. The van der Waals surface area contributed by atoms with Crippen molar-refractivity contribution in [1.29, 1.82) is 0 Å². The van der Waals surface area contributed by atoms with Crippen molar-refractivity contribution in [2.75, 3.05) is 6.54 Å². The van der Waals surface area contributed by atoms with Gasteiger partial charge in [-0.3, -0.25) is 0 Å². The highest BCUT2D eigenvalue weighted by Gasteiger charge is 2.68. The molecule has 104 valence electrons. The van der Waals surface area contributed by atoms with Crippen LogP contribution in [0.1, 0.15) is 33.6 Å². The van der Waals surface area contributed by atoms with Crippen molar-refractivity contribution in [2.45, 2.75) is 50.6 Å². The summed E-state index contributed by atoms with van der Waals surface area (Å²) in [6.07, 6.45) is 2.39. The van der Waals surface area contributed by atoms with Crippen LogP contribution >= 0.6 is 11.6 Å². The summed E-state index contributed by atoms with van der Waals surface area (Å²) in [5.41, 5.74) is 8.44. The third kappa shape index (κ3) is 1.81. The summed E-state index contributed by atoms with van der Waals surface area (Å²) in [6, 6.07) is 0. The molecule has 0 aromatic heterocycles. The van der Waals surface area contributed by atoms with Gasteiger partial charge in [-0.25, -0.2) is 0 Å². The predicted molar refractivity (Wildman–Crippen MR) is 73.8 cm³/mol. The Balaban J connectivity index is 1.75. The summed E-state index contributed by atoms with van der Waals surface area (Å²) < 4.78 is 12.1. The molecule has 1 aliphatic heterocycles. The number of azide groups is 1. The highest BCUT2D eigenvalue weighted by molar-refractivity contribution is 6.60. The predicted octanol–water partition coefficient (Wildman–Crippen LogP) is 3.17. The Morgan fingerprint density at radius 1 is 1.47 bits per heavy atom. The van der Waals surface area contributed by atoms with Crippen LogP contribution < -0.4 is 0 Å². The Bertz CT molecular complexity index is 443. The van der Waals surface area contributed by atoms with Gasteiger partial charge in [0, 0.05) is 11.5 Å². The maximum absolute atomic E-state index is 8.35. The molecule has 1 heterocycles. The maximum atomic E-state index is 8.35. The van der Waals surface area contributed by atoms with Crippen molar-refractivity contribution in [3.63, 3.8) is 0 Å². The molecule has 1 saturated heterocycles. The normalized spacial score (nSPS) is 44.0. The van der Waals surface area contributed by atoms with Gasteiger partial charge in [0.15, 0.2) is 0 Å². The molecule has 2 bridgehead atoms. The zero-order valence-corrected chi connectivity index (χ0v) is 12.3. The first kappa shape index (κ1) is 13.6. The highest BCUT2D eigenvalue weighted by atomic mass is 35.5. The Hall–Kier alpha value is -0.415. The second-order valence-electron chi connectivity index (χ2n) is 6.77. The van der Waals surface area contributed by atoms with E-state index in [4.69, 9.17) is 26.4 Å². The molecule has 4 rings (SSSR count). The van der Waals surface area contributed by atoms with Crippen molar-refractivity contribution in [2.24, 2.45) is 22.4 Å². The lowest BCUT2D eigenvalue weighted by molar-refractivity contribution is -0.199. The maximum Gasteiger partial charge on any atom is 0.476 e. The summed E-state index contributed by atoms with van der Waals surface area (Å²) in [5.74, 6) is 1.25. The second-order valence-corrected chi connectivity index (χ2v) is 7.33. The van der Waals surface area contributed by atoms with Crippen LogP contribution in [0.25, 0.3) is 10.4 Å². The molecular formula is C12H19BClN3O2. The molecule has 4 aliphatic rings. The minimum absolute atomic E-state index is 0.126. The Labute approximate surface area is 118 Å². The average Bonchev–Trinajstić information content (AvgIpc) is 2.72. The molecule has 0 aromatic rings. The molecule has 0 N–H and O–H groups in total. The average molecular weight is 284 g/mol. The number of hydrogen-bond donors (Lipinski definition) is 0. The summed E-state index contributed by atoms with van der Waals surface area (Å²) >= 11 is 6.21. The minimum atomic E-state index is -0.461. The molecular weight excluding hydrogens is 264 g/mol. The SMILES string of the molecule is CC1(C)[C@@H]2CC3OB(C(Cl)CN=[N+]=[N-])O[C@@]3(C)[C@H]1C2. The Morgan fingerprint density at radius 3 is 2.84 bits per heavy atom. The van der Waals surface area contributed by atoms with Crippen molar-refractivity contribution < 1.29 is 9.31 Å². The van der Waals surface area contributed by atoms with Gasteiger partial charge in [-0.1, -0.05) is 19.0 Å². The molecule has 19 heavy (non-hydrogen) atoms. The monoisotopic (exact) mass is 283 g/mol. The van der Waals surface area contributed by atoms with Gasteiger partial charge in [0.2, 0.25) is 0 Å². The first-order chi connectivity index (χ1) is 8.89. The van der Waals surface area contributed by atoms with E-state index in [-0.39, 0.29) is 18.2 Å². The van der Waals surface area contributed by atoms with E-state index < -0.39 is 12.4 Å². The lowest BCUT2D eigenvalue weighted by Gasteiger charge is -2.64. The molecule has 2 unspecified atom stereocenters. The van der Waals surface area contributed by atoms with E-state index in [9.17, 15) is 0 Å². The van der Waals surface area contributed by atoms with Gasteiger partial charge < -0.3 is 9.31 Å². The number of halogens is 1. The molecule has 0 radical (unpaired) electrons. The first-order valence-electron chi connectivity index (χ1n) is 6.87. The second kappa shape index (κ2) is 4.29. The van der Waals surface area contributed by atoms with Crippen molar-refractivity contribution >= 4 is 18.7 Å². The van der Waals surface area contributed by atoms with Gasteiger partial charge in [-0.15, -0.1) is 11.6 Å². The van der Waals surface area contributed by atoms with E-state index in [1.165, 1.54) is 6.42 Å².